The van der Waals surface area contributed by atoms with E-state index in [9.17, 15) is 14.3 Å². The third kappa shape index (κ3) is 4.08. The fourth-order valence-electron chi connectivity index (χ4n) is 4.12. The highest BCUT2D eigenvalue weighted by Crippen LogP contribution is 2.37. The molecule has 1 saturated carbocycles. The Kier molecular flexibility index (Phi) is 5.82. The van der Waals surface area contributed by atoms with E-state index in [2.05, 4.69) is 0 Å². The van der Waals surface area contributed by atoms with Crippen molar-refractivity contribution in [3.8, 4) is 22.7 Å². The summed E-state index contributed by atoms with van der Waals surface area (Å²) >= 11 is 6.29. The normalized spacial score (nSPS) is 14.2. The van der Waals surface area contributed by atoms with Gasteiger partial charge < -0.3 is 14.4 Å². The van der Waals surface area contributed by atoms with Crippen LogP contribution in [0, 0.1) is 18.7 Å². The van der Waals surface area contributed by atoms with Gasteiger partial charge in [0.05, 0.1) is 17.9 Å². The zero-order valence-corrected chi connectivity index (χ0v) is 17.5. The Balaban J connectivity index is 1.76. The summed E-state index contributed by atoms with van der Waals surface area (Å²) in [6.07, 6.45) is 4.87. The second kappa shape index (κ2) is 8.52. The van der Waals surface area contributed by atoms with E-state index in [4.69, 9.17) is 16.3 Å². The molecule has 0 unspecified atom stereocenters. The topological polar surface area (TPSA) is 51.5 Å². The molecule has 0 spiro atoms. The van der Waals surface area contributed by atoms with Crippen LogP contribution in [0.3, 0.4) is 0 Å². The lowest BCUT2D eigenvalue weighted by atomic mass is 10.1. The molecule has 0 bridgehead atoms. The first-order valence-corrected chi connectivity index (χ1v) is 10.5. The Morgan fingerprint density at radius 3 is 2.67 bits per heavy atom. The molecule has 1 aliphatic carbocycles. The lowest BCUT2D eigenvalue weighted by Crippen LogP contribution is -2.09. The number of carboxylic acids is 1. The first-order chi connectivity index (χ1) is 14.4. The first kappa shape index (κ1) is 20.5. The molecular formula is C24H23ClFNO3. The van der Waals surface area contributed by atoms with Crippen molar-refractivity contribution in [2.45, 2.75) is 32.6 Å². The molecule has 1 aromatic heterocycles. The van der Waals surface area contributed by atoms with Crippen LogP contribution in [-0.2, 0) is 0 Å². The summed E-state index contributed by atoms with van der Waals surface area (Å²) in [5.41, 5.74) is 2.70. The molecule has 0 amide bonds. The van der Waals surface area contributed by atoms with Gasteiger partial charge in [-0.1, -0.05) is 24.4 Å². The van der Waals surface area contributed by atoms with Crippen LogP contribution in [-0.4, -0.2) is 22.2 Å². The van der Waals surface area contributed by atoms with Crippen molar-refractivity contribution >= 4 is 17.6 Å². The number of carbonyl (C=O) groups is 1. The molecule has 0 saturated heterocycles. The van der Waals surface area contributed by atoms with Gasteiger partial charge in [-0.15, -0.1) is 0 Å². The Morgan fingerprint density at radius 1 is 1.17 bits per heavy atom. The molecule has 30 heavy (non-hydrogen) atoms. The summed E-state index contributed by atoms with van der Waals surface area (Å²) in [7, 11) is 0. The smallest absolute Gasteiger partial charge is 0.338 e. The minimum Gasteiger partial charge on any atom is -0.493 e. The van der Waals surface area contributed by atoms with Crippen LogP contribution in [0.25, 0.3) is 16.9 Å². The number of rotatable bonds is 6. The fourth-order valence-corrected chi connectivity index (χ4v) is 4.29. The lowest BCUT2D eigenvalue weighted by Gasteiger charge is -2.18. The maximum absolute atomic E-state index is 13.9. The average Bonchev–Trinajstić information content (AvgIpc) is 3.37. The van der Waals surface area contributed by atoms with Gasteiger partial charge in [0, 0.05) is 22.0 Å². The Labute approximate surface area is 179 Å². The molecule has 6 heteroatoms. The molecule has 0 radical (unpaired) electrons. The highest BCUT2D eigenvalue weighted by Gasteiger charge is 2.20. The number of carboxylic acid groups (broad SMARTS) is 1. The minimum atomic E-state index is -1.30. The number of hydrogen-bond acceptors (Lipinski definition) is 2. The minimum absolute atomic E-state index is 0.365. The quantitative estimate of drug-likeness (QED) is 0.487. The highest BCUT2D eigenvalue weighted by molar-refractivity contribution is 6.31. The van der Waals surface area contributed by atoms with Crippen LogP contribution in [0.15, 0.2) is 48.5 Å². The van der Waals surface area contributed by atoms with Crippen molar-refractivity contribution in [2.24, 2.45) is 5.92 Å². The molecule has 1 heterocycles. The second-order valence-electron chi connectivity index (χ2n) is 7.77. The summed E-state index contributed by atoms with van der Waals surface area (Å²) < 4.78 is 22.0. The number of aromatic carboxylic acids is 1. The molecule has 0 atom stereocenters. The summed E-state index contributed by atoms with van der Waals surface area (Å²) in [4.78, 5) is 11.4. The zero-order chi connectivity index (χ0) is 21.3. The lowest BCUT2D eigenvalue weighted by molar-refractivity contribution is 0.0692. The van der Waals surface area contributed by atoms with E-state index in [1.165, 1.54) is 37.8 Å². The highest BCUT2D eigenvalue weighted by atomic mass is 35.5. The van der Waals surface area contributed by atoms with E-state index in [-0.39, 0.29) is 5.56 Å². The van der Waals surface area contributed by atoms with Crippen molar-refractivity contribution in [1.82, 2.24) is 4.57 Å². The number of benzene rings is 2. The number of ether oxygens (including phenoxy) is 1. The summed E-state index contributed by atoms with van der Waals surface area (Å²) in [5.74, 6) is -0.770. The van der Waals surface area contributed by atoms with Gasteiger partial charge in [0.15, 0.2) is 0 Å². The first-order valence-electron chi connectivity index (χ1n) is 10.1. The van der Waals surface area contributed by atoms with Crippen molar-refractivity contribution in [2.75, 3.05) is 6.61 Å². The summed E-state index contributed by atoms with van der Waals surface area (Å²) in [6, 6.07) is 13.5. The number of nitrogens with zero attached hydrogens (tertiary/aromatic N) is 1. The maximum Gasteiger partial charge on any atom is 0.338 e. The third-order valence-electron chi connectivity index (χ3n) is 5.68. The van der Waals surface area contributed by atoms with Crippen molar-refractivity contribution < 1.29 is 19.0 Å². The van der Waals surface area contributed by atoms with Crippen LogP contribution in [0.5, 0.6) is 5.75 Å². The molecule has 1 aliphatic rings. The zero-order valence-electron chi connectivity index (χ0n) is 16.7. The molecule has 2 aromatic carbocycles. The average molecular weight is 428 g/mol. The van der Waals surface area contributed by atoms with Crippen molar-refractivity contribution in [3.05, 3.63) is 70.6 Å². The predicted molar refractivity (Wildman–Crippen MR) is 115 cm³/mol. The standard InChI is InChI=1S/C24H23ClFNO3/c1-15-6-10-22(27(15)18-8-9-21(26)19(13-18)24(28)29)20-12-17(25)7-11-23(20)30-14-16-4-2-3-5-16/h6-13,16H,2-5,14H2,1H3,(H,28,29). The molecule has 4 rings (SSSR count). The van der Waals surface area contributed by atoms with Crippen molar-refractivity contribution in [1.29, 1.82) is 0 Å². The SMILES string of the molecule is Cc1ccc(-c2cc(Cl)ccc2OCC2CCCC2)n1-c1ccc(F)c(C(=O)O)c1. The van der Waals surface area contributed by atoms with E-state index < -0.39 is 11.8 Å². The Hall–Kier alpha value is -2.79. The van der Waals surface area contributed by atoms with Crippen LogP contribution in [0.2, 0.25) is 5.02 Å². The molecule has 0 aliphatic heterocycles. The van der Waals surface area contributed by atoms with Gasteiger partial charge in [-0.2, -0.15) is 0 Å². The number of aromatic nitrogens is 1. The molecule has 1 fully saturated rings. The maximum atomic E-state index is 13.9. The summed E-state index contributed by atoms with van der Waals surface area (Å²) in [5, 5.41) is 9.89. The van der Waals surface area contributed by atoms with E-state index in [0.717, 1.165) is 22.7 Å². The van der Waals surface area contributed by atoms with E-state index in [1.807, 2.05) is 35.8 Å². The van der Waals surface area contributed by atoms with E-state index >= 15 is 0 Å². The number of aryl methyl sites for hydroxylation is 1. The van der Waals surface area contributed by atoms with Gasteiger partial charge in [0.1, 0.15) is 11.6 Å². The van der Waals surface area contributed by atoms with Gasteiger partial charge in [-0.3, -0.25) is 0 Å². The number of halogens is 2. The van der Waals surface area contributed by atoms with Crippen LogP contribution in [0.1, 0.15) is 41.7 Å². The van der Waals surface area contributed by atoms with E-state index in [1.54, 1.807) is 12.1 Å². The molecular weight excluding hydrogens is 405 g/mol. The monoisotopic (exact) mass is 427 g/mol. The van der Waals surface area contributed by atoms with Crippen molar-refractivity contribution in [3.63, 3.8) is 0 Å². The van der Waals surface area contributed by atoms with Gasteiger partial charge >= 0.3 is 5.97 Å². The second-order valence-corrected chi connectivity index (χ2v) is 8.20. The van der Waals surface area contributed by atoms with E-state index in [0.29, 0.717) is 23.2 Å². The molecule has 1 N–H and O–H groups in total. The Bertz CT molecular complexity index is 1090. The van der Waals surface area contributed by atoms with Crippen LogP contribution in [0.4, 0.5) is 4.39 Å². The van der Waals surface area contributed by atoms with Gasteiger partial charge in [-0.25, -0.2) is 9.18 Å². The van der Waals surface area contributed by atoms with Gasteiger partial charge in [0.2, 0.25) is 0 Å². The number of hydrogen-bond donors (Lipinski definition) is 1. The fraction of sp³-hybridized carbons (Fsp3) is 0.292. The Morgan fingerprint density at radius 2 is 1.93 bits per heavy atom. The molecule has 3 aromatic rings. The van der Waals surface area contributed by atoms with Gasteiger partial charge in [0.25, 0.3) is 0 Å². The largest absolute Gasteiger partial charge is 0.493 e. The predicted octanol–water partition coefficient (Wildman–Crippen LogP) is 6.51. The van der Waals surface area contributed by atoms with Gasteiger partial charge in [-0.05, 0) is 74.2 Å². The third-order valence-corrected chi connectivity index (χ3v) is 5.92. The summed E-state index contributed by atoms with van der Waals surface area (Å²) in [6.45, 7) is 2.57. The molecule has 156 valence electrons. The van der Waals surface area contributed by atoms with Crippen LogP contribution >= 0.6 is 11.6 Å². The van der Waals surface area contributed by atoms with Crippen LogP contribution < -0.4 is 4.74 Å². The molecule has 4 nitrogen and oxygen atoms in total.